The maximum Gasteiger partial charge on any atom is 0.416 e. The van der Waals surface area contributed by atoms with Crippen LogP contribution in [0, 0.1) is 11.3 Å². The van der Waals surface area contributed by atoms with E-state index in [1.54, 1.807) is 36.4 Å². The topological polar surface area (TPSA) is 130 Å². The highest BCUT2D eigenvalue weighted by Crippen LogP contribution is 2.34. The van der Waals surface area contributed by atoms with Crippen LogP contribution in [0.5, 0.6) is 0 Å². The molecule has 1 heterocycles. The molecule has 0 atom stereocenters. The van der Waals surface area contributed by atoms with E-state index >= 15 is 0 Å². The van der Waals surface area contributed by atoms with Crippen LogP contribution in [-0.4, -0.2) is 20.6 Å². The Morgan fingerprint density at radius 3 is 1.54 bits per heavy atom. The summed E-state index contributed by atoms with van der Waals surface area (Å²) >= 11 is 0. The number of anilines is 2. The van der Waals surface area contributed by atoms with Gasteiger partial charge in [-0.15, -0.1) is 10.2 Å². The molecule has 0 unspecified atom stereocenters. The maximum atomic E-state index is 12.6. The standard InChI is InChI=1S/C14H10F3N5.C14H9F3N2/c15-14(16,17)10-4-1-8(2-5-10)9-3-6-12(18)11(7-9)13-19-21-22-20-13;15-14(16,17)12-4-1-9(2-5-12)10-3-6-13(19)11(7-10)8-18/h1-7H,18H2,(H,19,20,21,22);1-7H,19H2. The first-order chi connectivity index (χ1) is 19.4. The molecule has 0 amide bonds. The van der Waals surface area contributed by atoms with Crippen LogP contribution in [-0.2, 0) is 12.4 Å². The van der Waals surface area contributed by atoms with Gasteiger partial charge in [-0.25, -0.2) is 0 Å². The van der Waals surface area contributed by atoms with Gasteiger partial charge in [0.15, 0.2) is 0 Å². The molecule has 208 valence electrons. The zero-order chi connectivity index (χ0) is 29.8. The molecule has 0 aliphatic carbocycles. The summed E-state index contributed by atoms with van der Waals surface area (Å²) in [7, 11) is 0. The lowest BCUT2D eigenvalue weighted by molar-refractivity contribution is -0.138. The summed E-state index contributed by atoms with van der Waals surface area (Å²) in [6, 6.07) is 21.5. The van der Waals surface area contributed by atoms with Gasteiger partial charge in [-0.3, -0.25) is 0 Å². The Morgan fingerprint density at radius 1 is 0.634 bits per heavy atom. The Hall–Kier alpha value is -5.38. The average Bonchev–Trinajstić information content (AvgIpc) is 3.48. The van der Waals surface area contributed by atoms with Crippen LogP contribution in [0.2, 0.25) is 0 Å². The molecule has 5 aromatic rings. The van der Waals surface area contributed by atoms with E-state index in [0.717, 1.165) is 24.3 Å². The van der Waals surface area contributed by atoms with Crippen molar-refractivity contribution in [1.29, 1.82) is 5.26 Å². The average molecular weight is 567 g/mol. The molecule has 0 saturated carbocycles. The van der Waals surface area contributed by atoms with Crippen molar-refractivity contribution in [2.24, 2.45) is 0 Å². The number of nitriles is 1. The number of hydrogen-bond acceptors (Lipinski definition) is 6. The van der Waals surface area contributed by atoms with E-state index in [1.807, 2.05) is 6.07 Å². The summed E-state index contributed by atoms with van der Waals surface area (Å²) in [6.07, 6.45) is -8.70. The number of nitrogen functional groups attached to an aromatic ring is 2. The van der Waals surface area contributed by atoms with Crippen molar-refractivity contribution in [2.75, 3.05) is 11.5 Å². The first kappa shape index (κ1) is 28.6. The van der Waals surface area contributed by atoms with E-state index < -0.39 is 23.5 Å². The lowest BCUT2D eigenvalue weighted by Gasteiger charge is -2.09. The van der Waals surface area contributed by atoms with Crippen LogP contribution in [0.1, 0.15) is 16.7 Å². The van der Waals surface area contributed by atoms with Crippen molar-refractivity contribution in [3.05, 3.63) is 102 Å². The first-order valence-electron chi connectivity index (χ1n) is 11.6. The molecule has 7 nitrogen and oxygen atoms in total. The van der Waals surface area contributed by atoms with E-state index in [-0.39, 0.29) is 0 Å². The van der Waals surface area contributed by atoms with Crippen molar-refractivity contribution in [1.82, 2.24) is 20.6 Å². The van der Waals surface area contributed by atoms with E-state index in [1.165, 1.54) is 24.3 Å². The second kappa shape index (κ2) is 11.4. The molecule has 5 rings (SSSR count). The van der Waals surface area contributed by atoms with E-state index in [4.69, 9.17) is 16.7 Å². The largest absolute Gasteiger partial charge is 0.416 e. The van der Waals surface area contributed by atoms with Gasteiger partial charge in [-0.05, 0) is 76.0 Å². The van der Waals surface area contributed by atoms with Gasteiger partial charge in [0, 0.05) is 16.9 Å². The number of benzene rings is 4. The fourth-order valence-electron chi connectivity index (χ4n) is 3.74. The van der Waals surface area contributed by atoms with Crippen LogP contribution in [0.15, 0.2) is 84.9 Å². The van der Waals surface area contributed by atoms with Gasteiger partial charge in [-0.2, -0.15) is 36.8 Å². The summed E-state index contributed by atoms with van der Waals surface area (Å²) in [4.78, 5) is 0. The van der Waals surface area contributed by atoms with E-state index in [2.05, 4.69) is 20.6 Å². The molecule has 41 heavy (non-hydrogen) atoms. The van der Waals surface area contributed by atoms with Gasteiger partial charge in [0.25, 0.3) is 0 Å². The van der Waals surface area contributed by atoms with Crippen LogP contribution in [0.3, 0.4) is 0 Å². The summed E-state index contributed by atoms with van der Waals surface area (Å²) in [6.45, 7) is 0. The number of H-pyrrole nitrogens is 1. The summed E-state index contributed by atoms with van der Waals surface area (Å²) in [5, 5.41) is 22.4. The van der Waals surface area contributed by atoms with Crippen LogP contribution in [0.25, 0.3) is 33.6 Å². The molecule has 0 fully saturated rings. The number of nitrogens with two attached hydrogens (primary N) is 2. The summed E-state index contributed by atoms with van der Waals surface area (Å²) in [5.41, 5.74) is 14.3. The Kier molecular flexibility index (Phi) is 7.95. The number of alkyl halides is 6. The fraction of sp³-hybridized carbons (Fsp3) is 0.0714. The Balaban J connectivity index is 0.000000191. The number of nitrogens with one attached hydrogen (secondary N) is 1. The van der Waals surface area contributed by atoms with Crippen LogP contribution in [0.4, 0.5) is 37.7 Å². The zero-order valence-electron chi connectivity index (χ0n) is 20.8. The number of nitrogens with zero attached hydrogens (tertiary/aromatic N) is 4. The predicted molar refractivity (Wildman–Crippen MR) is 140 cm³/mol. The molecule has 0 spiro atoms. The lowest BCUT2D eigenvalue weighted by Crippen LogP contribution is -2.04. The normalized spacial score (nSPS) is 11.3. The highest BCUT2D eigenvalue weighted by Gasteiger charge is 2.30. The van der Waals surface area contributed by atoms with Gasteiger partial charge < -0.3 is 11.5 Å². The monoisotopic (exact) mass is 567 g/mol. The van der Waals surface area contributed by atoms with E-state index in [0.29, 0.717) is 50.6 Å². The zero-order valence-corrected chi connectivity index (χ0v) is 20.8. The maximum absolute atomic E-state index is 12.6. The predicted octanol–water partition coefficient (Wildman–Crippen LogP) is 6.96. The molecular formula is C28H19F6N7. The Bertz CT molecular complexity index is 1670. The van der Waals surface area contributed by atoms with Gasteiger partial charge in [-0.1, -0.05) is 36.4 Å². The lowest BCUT2D eigenvalue weighted by atomic mass is 10.0. The van der Waals surface area contributed by atoms with Crippen LogP contribution >= 0.6 is 0 Å². The molecule has 0 radical (unpaired) electrons. The van der Waals surface area contributed by atoms with E-state index in [9.17, 15) is 26.3 Å². The minimum Gasteiger partial charge on any atom is -0.398 e. The third kappa shape index (κ3) is 6.80. The van der Waals surface area contributed by atoms with Gasteiger partial charge >= 0.3 is 12.4 Å². The molecule has 13 heteroatoms. The minimum atomic E-state index is -4.35. The minimum absolute atomic E-state index is 0.303. The van der Waals surface area contributed by atoms with Crippen molar-refractivity contribution in [2.45, 2.75) is 12.4 Å². The molecule has 5 N–H and O–H groups in total. The third-order valence-electron chi connectivity index (χ3n) is 5.90. The quantitative estimate of drug-likeness (QED) is 0.160. The molecule has 0 bridgehead atoms. The number of rotatable bonds is 3. The fourth-order valence-corrected chi connectivity index (χ4v) is 3.74. The van der Waals surface area contributed by atoms with Crippen molar-refractivity contribution < 1.29 is 26.3 Å². The third-order valence-corrected chi connectivity index (χ3v) is 5.90. The number of hydrogen-bond donors (Lipinski definition) is 3. The number of aromatic amines is 1. The second-order valence-corrected chi connectivity index (χ2v) is 8.60. The SMILES string of the molecule is N#Cc1cc(-c2ccc(C(F)(F)F)cc2)ccc1N.Nc1ccc(-c2ccc(C(F)(F)F)cc2)cc1-c1nn[nH]n1. The highest BCUT2D eigenvalue weighted by atomic mass is 19.4. The van der Waals surface area contributed by atoms with Crippen molar-refractivity contribution in [3.8, 4) is 39.7 Å². The second-order valence-electron chi connectivity index (χ2n) is 8.60. The smallest absolute Gasteiger partial charge is 0.398 e. The molecule has 0 saturated heterocycles. The van der Waals surface area contributed by atoms with Crippen molar-refractivity contribution >= 4 is 11.4 Å². The van der Waals surface area contributed by atoms with Gasteiger partial charge in [0.2, 0.25) is 5.82 Å². The number of tetrazole rings is 1. The van der Waals surface area contributed by atoms with Crippen molar-refractivity contribution in [3.63, 3.8) is 0 Å². The number of aromatic nitrogens is 4. The number of halogens is 6. The molecular weight excluding hydrogens is 548 g/mol. The Morgan fingerprint density at radius 2 is 1.10 bits per heavy atom. The van der Waals surface area contributed by atoms with Crippen LogP contribution < -0.4 is 11.5 Å². The molecule has 1 aromatic heterocycles. The highest BCUT2D eigenvalue weighted by molar-refractivity contribution is 5.78. The molecule has 0 aliphatic rings. The van der Waals surface area contributed by atoms with Gasteiger partial charge in [0.1, 0.15) is 6.07 Å². The Labute approximate surface area is 229 Å². The summed E-state index contributed by atoms with van der Waals surface area (Å²) in [5.74, 6) is 0.325. The first-order valence-corrected chi connectivity index (χ1v) is 11.6. The summed E-state index contributed by atoms with van der Waals surface area (Å²) < 4.78 is 75.0. The molecule has 4 aromatic carbocycles. The van der Waals surface area contributed by atoms with Gasteiger partial charge in [0.05, 0.1) is 16.7 Å². The molecule has 0 aliphatic heterocycles.